The molecule has 0 radical (unpaired) electrons. The van der Waals surface area contributed by atoms with Crippen LogP contribution in [0.2, 0.25) is 0 Å². The van der Waals surface area contributed by atoms with E-state index >= 15 is 0 Å². The molecule has 1 aliphatic heterocycles. The fraction of sp³-hybridized carbons (Fsp3) is 0.200. The number of nitrogens with zero attached hydrogens (tertiary/aromatic N) is 1. The molecule has 0 aliphatic carbocycles. The molecule has 0 saturated heterocycles. The number of rotatable bonds is 2. The van der Waals surface area contributed by atoms with Crippen LogP contribution in [-0.4, -0.2) is 23.0 Å². The molecule has 3 N–H and O–H groups in total. The van der Waals surface area contributed by atoms with E-state index in [-0.39, 0.29) is 16.2 Å². The van der Waals surface area contributed by atoms with Crippen LogP contribution in [0.25, 0.3) is 0 Å². The van der Waals surface area contributed by atoms with E-state index in [2.05, 4.69) is 15.3 Å². The number of hydrogen-bond acceptors (Lipinski definition) is 5. The Bertz CT molecular complexity index is 923. The highest BCUT2D eigenvalue weighted by Gasteiger charge is 2.39. The van der Waals surface area contributed by atoms with Gasteiger partial charge in [-0.25, -0.2) is 0 Å². The molecule has 116 valence electrons. The SMILES string of the molecule is COc1ccc([C@H]2c3c([nH]c(=S)[nH]c3=O)NC(=O)[C@H]2C#N)cc1. The minimum absolute atomic E-state index is 0.109. The zero-order chi connectivity index (χ0) is 16.6. The summed E-state index contributed by atoms with van der Waals surface area (Å²) in [6, 6.07) is 8.88. The Kier molecular flexibility index (Phi) is 3.72. The average molecular weight is 328 g/mol. The van der Waals surface area contributed by atoms with Gasteiger partial charge in [0.15, 0.2) is 4.77 Å². The second-order valence-corrected chi connectivity index (χ2v) is 5.45. The van der Waals surface area contributed by atoms with Crippen molar-refractivity contribution in [2.45, 2.75) is 5.92 Å². The van der Waals surface area contributed by atoms with E-state index in [4.69, 9.17) is 17.0 Å². The van der Waals surface area contributed by atoms with Crippen LogP contribution < -0.4 is 15.6 Å². The van der Waals surface area contributed by atoms with Crippen molar-refractivity contribution in [1.29, 1.82) is 5.26 Å². The number of ether oxygens (including phenoxy) is 1. The maximum Gasteiger partial charge on any atom is 0.257 e. The Morgan fingerprint density at radius 3 is 2.52 bits per heavy atom. The lowest BCUT2D eigenvalue weighted by Crippen LogP contribution is -2.38. The minimum atomic E-state index is -1.01. The zero-order valence-corrected chi connectivity index (χ0v) is 12.9. The van der Waals surface area contributed by atoms with Gasteiger partial charge in [-0.05, 0) is 29.9 Å². The van der Waals surface area contributed by atoms with Gasteiger partial charge in [-0.15, -0.1) is 0 Å². The number of fused-ring (bicyclic) bond motifs is 1. The monoisotopic (exact) mass is 328 g/mol. The molecule has 0 bridgehead atoms. The molecule has 1 aliphatic rings. The number of aromatic amines is 2. The number of nitrogens with one attached hydrogen (secondary N) is 3. The Morgan fingerprint density at radius 2 is 1.91 bits per heavy atom. The highest BCUT2D eigenvalue weighted by atomic mass is 32.1. The van der Waals surface area contributed by atoms with Gasteiger partial charge in [-0.3, -0.25) is 14.6 Å². The van der Waals surface area contributed by atoms with Gasteiger partial charge in [0.1, 0.15) is 17.5 Å². The number of hydrogen-bond donors (Lipinski definition) is 3. The topological polar surface area (TPSA) is 111 Å². The number of nitriles is 1. The van der Waals surface area contributed by atoms with Gasteiger partial charge in [0, 0.05) is 5.92 Å². The van der Waals surface area contributed by atoms with Crippen molar-refractivity contribution in [3.63, 3.8) is 0 Å². The van der Waals surface area contributed by atoms with Crippen LogP contribution in [0.15, 0.2) is 29.1 Å². The third-order valence-corrected chi connectivity index (χ3v) is 3.97. The van der Waals surface area contributed by atoms with Crippen molar-refractivity contribution < 1.29 is 9.53 Å². The number of carbonyl (C=O) groups excluding carboxylic acids is 1. The molecule has 23 heavy (non-hydrogen) atoms. The smallest absolute Gasteiger partial charge is 0.257 e. The number of amides is 1. The lowest BCUT2D eigenvalue weighted by molar-refractivity contribution is -0.119. The number of carbonyl (C=O) groups is 1. The van der Waals surface area contributed by atoms with Crippen LogP contribution >= 0.6 is 12.2 Å². The van der Waals surface area contributed by atoms with E-state index in [1.807, 2.05) is 6.07 Å². The molecule has 2 atom stereocenters. The second kappa shape index (κ2) is 5.70. The maximum atomic E-state index is 12.3. The van der Waals surface area contributed by atoms with E-state index in [0.717, 1.165) is 0 Å². The quantitative estimate of drug-likeness (QED) is 0.726. The Hall–Kier alpha value is -2.92. The molecule has 3 rings (SSSR count). The minimum Gasteiger partial charge on any atom is -0.497 e. The van der Waals surface area contributed by atoms with Crippen LogP contribution in [0.4, 0.5) is 5.82 Å². The number of H-pyrrole nitrogens is 2. The van der Waals surface area contributed by atoms with Crippen molar-refractivity contribution in [2.24, 2.45) is 5.92 Å². The first-order valence-electron chi connectivity index (χ1n) is 6.76. The lowest BCUT2D eigenvalue weighted by atomic mass is 9.79. The number of methoxy groups -OCH3 is 1. The van der Waals surface area contributed by atoms with Gasteiger partial charge >= 0.3 is 0 Å². The molecule has 0 saturated carbocycles. The Morgan fingerprint density at radius 1 is 1.22 bits per heavy atom. The van der Waals surface area contributed by atoms with E-state index in [1.54, 1.807) is 31.4 Å². The van der Waals surface area contributed by atoms with Gasteiger partial charge in [0.05, 0.1) is 18.7 Å². The third-order valence-electron chi connectivity index (χ3n) is 3.77. The predicted octanol–water partition coefficient (Wildman–Crippen LogP) is 1.66. The summed E-state index contributed by atoms with van der Waals surface area (Å²) in [5.74, 6) is -1.30. The van der Waals surface area contributed by atoms with Crippen molar-refractivity contribution in [2.75, 3.05) is 12.4 Å². The van der Waals surface area contributed by atoms with Crippen molar-refractivity contribution in [3.05, 3.63) is 50.5 Å². The average Bonchev–Trinajstić information content (AvgIpc) is 2.53. The summed E-state index contributed by atoms with van der Waals surface area (Å²) < 4.78 is 5.22. The molecule has 2 heterocycles. The van der Waals surface area contributed by atoms with Gasteiger partial charge < -0.3 is 15.0 Å². The molecule has 1 amide bonds. The summed E-state index contributed by atoms with van der Waals surface area (Å²) in [7, 11) is 1.54. The van der Waals surface area contributed by atoms with E-state index < -0.39 is 23.3 Å². The Balaban J connectivity index is 2.24. The standard InChI is InChI=1S/C15H12N4O3S/c1-22-8-4-2-7(3-5-8)10-9(6-16)13(20)17-12-11(10)14(21)19-15(23)18-12/h2-5,9-10H,1H3,(H3,17,18,19,20,21,23)/t9-,10+/m0/s1. The summed E-state index contributed by atoms with van der Waals surface area (Å²) >= 11 is 4.93. The molecule has 1 aromatic carbocycles. The Labute approximate surface area is 135 Å². The summed E-state index contributed by atoms with van der Waals surface area (Å²) in [6.45, 7) is 0. The van der Waals surface area contributed by atoms with E-state index in [9.17, 15) is 14.9 Å². The van der Waals surface area contributed by atoms with Crippen molar-refractivity contribution in [3.8, 4) is 11.8 Å². The summed E-state index contributed by atoms with van der Waals surface area (Å²) in [6.07, 6.45) is 0. The van der Waals surface area contributed by atoms with E-state index in [1.165, 1.54) is 0 Å². The first-order valence-corrected chi connectivity index (χ1v) is 7.17. The molecule has 2 aromatic rings. The van der Waals surface area contributed by atoms with E-state index in [0.29, 0.717) is 11.3 Å². The van der Waals surface area contributed by atoms with Crippen LogP contribution in [0.5, 0.6) is 5.75 Å². The van der Waals surface area contributed by atoms with Gasteiger partial charge in [-0.1, -0.05) is 12.1 Å². The third kappa shape index (κ3) is 2.51. The fourth-order valence-electron chi connectivity index (χ4n) is 2.71. The largest absolute Gasteiger partial charge is 0.497 e. The molecule has 0 unspecified atom stereocenters. The maximum absolute atomic E-state index is 12.3. The van der Waals surface area contributed by atoms with Gasteiger partial charge in [0.25, 0.3) is 5.56 Å². The van der Waals surface area contributed by atoms with Crippen LogP contribution in [0.3, 0.4) is 0 Å². The number of benzene rings is 1. The highest BCUT2D eigenvalue weighted by molar-refractivity contribution is 7.71. The highest BCUT2D eigenvalue weighted by Crippen LogP contribution is 2.37. The first kappa shape index (κ1) is 15.0. The van der Waals surface area contributed by atoms with Crippen molar-refractivity contribution in [1.82, 2.24) is 9.97 Å². The second-order valence-electron chi connectivity index (χ2n) is 5.04. The zero-order valence-electron chi connectivity index (χ0n) is 12.0. The lowest BCUT2D eigenvalue weighted by Gasteiger charge is -2.28. The van der Waals surface area contributed by atoms with Gasteiger partial charge in [0.2, 0.25) is 5.91 Å². The van der Waals surface area contributed by atoms with Gasteiger partial charge in [-0.2, -0.15) is 5.26 Å². The molecule has 0 spiro atoms. The van der Waals surface area contributed by atoms with Crippen LogP contribution in [0, 0.1) is 22.0 Å². The molecule has 8 heteroatoms. The summed E-state index contributed by atoms with van der Waals surface area (Å²) in [5.41, 5.74) is 0.532. The molecular formula is C15H12N4O3S. The normalized spacial score (nSPS) is 19.4. The number of anilines is 1. The summed E-state index contributed by atoms with van der Waals surface area (Å²) in [4.78, 5) is 29.8. The molecule has 1 aromatic heterocycles. The van der Waals surface area contributed by atoms with Crippen LogP contribution in [-0.2, 0) is 4.79 Å². The molecule has 0 fully saturated rings. The van der Waals surface area contributed by atoms with Crippen LogP contribution in [0.1, 0.15) is 17.0 Å². The van der Waals surface area contributed by atoms with Crippen molar-refractivity contribution >= 4 is 23.9 Å². The molecular weight excluding hydrogens is 316 g/mol. The summed E-state index contributed by atoms with van der Waals surface area (Å²) in [5, 5.41) is 11.9. The first-order chi connectivity index (χ1) is 11.0. The predicted molar refractivity (Wildman–Crippen MR) is 84.8 cm³/mol. The number of aromatic nitrogens is 2. The molecule has 7 nitrogen and oxygen atoms in total. The fourth-order valence-corrected chi connectivity index (χ4v) is 2.91.